The molecule has 0 unspecified atom stereocenters. The van der Waals surface area contributed by atoms with E-state index in [1.807, 2.05) is 0 Å². The predicted octanol–water partition coefficient (Wildman–Crippen LogP) is 2.70. The van der Waals surface area contributed by atoms with Crippen molar-refractivity contribution in [3.63, 3.8) is 0 Å². The van der Waals surface area contributed by atoms with E-state index >= 15 is 0 Å². The van der Waals surface area contributed by atoms with Gasteiger partial charge in [0.15, 0.2) is 0 Å². The van der Waals surface area contributed by atoms with Crippen LogP contribution in [0.2, 0.25) is 0 Å². The van der Waals surface area contributed by atoms with Crippen molar-refractivity contribution in [1.82, 2.24) is 4.98 Å². The van der Waals surface area contributed by atoms with Crippen molar-refractivity contribution in [3.05, 3.63) is 58.9 Å². The van der Waals surface area contributed by atoms with E-state index in [0.29, 0.717) is 24.0 Å². The molecule has 1 heterocycles. The number of aryl methyl sites for hydroxylation is 2. The third kappa shape index (κ3) is 2.52. The fraction of sp³-hybridized carbons (Fsp3) is 0.200. The summed E-state index contributed by atoms with van der Waals surface area (Å²) < 4.78 is 61.1. The first-order valence-electron chi connectivity index (χ1n) is 6.64. The monoisotopic (exact) mass is 341 g/mol. The SMILES string of the molecule is O=C1c2cc(S(=O)(=O)C(F)(F)F)ccc2CCc2cccnc21. The fourth-order valence-electron chi connectivity index (χ4n) is 2.53. The van der Waals surface area contributed by atoms with E-state index in [9.17, 15) is 26.4 Å². The number of carbonyl (C=O) groups is 1. The highest BCUT2D eigenvalue weighted by Gasteiger charge is 2.47. The summed E-state index contributed by atoms with van der Waals surface area (Å²) in [4.78, 5) is 15.6. The molecule has 0 saturated carbocycles. The molecule has 0 saturated heterocycles. The Bertz CT molecular complexity index is 904. The van der Waals surface area contributed by atoms with Gasteiger partial charge in [-0.05, 0) is 42.2 Å². The number of aromatic nitrogens is 1. The molecule has 8 heteroatoms. The van der Waals surface area contributed by atoms with Gasteiger partial charge in [-0.3, -0.25) is 9.78 Å². The summed E-state index contributed by atoms with van der Waals surface area (Å²) in [6.07, 6.45) is 2.34. The smallest absolute Gasteiger partial charge is 0.287 e. The Morgan fingerprint density at radius 3 is 2.43 bits per heavy atom. The van der Waals surface area contributed by atoms with Crippen LogP contribution in [-0.2, 0) is 22.7 Å². The number of carbonyl (C=O) groups excluding carboxylic acids is 1. The van der Waals surface area contributed by atoms with E-state index in [1.165, 1.54) is 12.3 Å². The summed E-state index contributed by atoms with van der Waals surface area (Å²) in [5, 5.41) is 0. The number of hydrogen-bond acceptors (Lipinski definition) is 4. The zero-order chi connectivity index (χ0) is 16.8. The highest BCUT2D eigenvalue weighted by molar-refractivity contribution is 7.92. The minimum Gasteiger partial charge on any atom is -0.287 e. The Morgan fingerprint density at radius 2 is 1.74 bits per heavy atom. The van der Waals surface area contributed by atoms with Gasteiger partial charge in [-0.25, -0.2) is 8.42 Å². The highest BCUT2D eigenvalue weighted by atomic mass is 32.2. The topological polar surface area (TPSA) is 64.1 Å². The molecule has 0 radical (unpaired) electrons. The Kier molecular flexibility index (Phi) is 3.51. The van der Waals surface area contributed by atoms with Crippen LogP contribution in [-0.4, -0.2) is 24.7 Å². The summed E-state index contributed by atoms with van der Waals surface area (Å²) in [5.74, 6) is -0.563. The molecule has 0 fully saturated rings. The Morgan fingerprint density at radius 1 is 1.04 bits per heavy atom. The number of nitrogens with zero attached hydrogens (tertiary/aromatic N) is 1. The average molecular weight is 341 g/mol. The molecule has 1 aromatic heterocycles. The van der Waals surface area contributed by atoms with E-state index in [-0.39, 0.29) is 11.3 Å². The largest absolute Gasteiger partial charge is 0.501 e. The van der Waals surface area contributed by atoms with Gasteiger partial charge in [-0.1, -0.05) is 12.1 Å². The van der Waals surface area contributed by atoms with Crippen molar-refractivity contribution in [2.75, 3.05) is 0 Å². The lowest BCUT2D eigenvalue weighted by molar-refractivity contribution is -0.0436. The number of benzene rings is 1. The second-order valence-corrected chi connectivity index (χ2v) is 7.05. The quantitative estimate of drug-likeness (QED) is 0.800. The number of ketones is 1. The first-order chi connectivity index (χ1) is 10.7. The molecule has 0 bridgehead atoms. The summed E-state index contributed by atoms with van der Waals surface area (Å²) >= 11 is 0. The van der Waals surface area contributed by atoms with Gasteiger partial charge in [0.25, 0.3) is 9.84 Å². The molecule has 1 aromatic carbocycles. The Labute approximate surface area is 129 Å². The van der Waals surface area contributed by atoms with E-state index < -0.39 is 26.0 Å². The molecule has 0 aliphatic heterocycles. The lowest BCUT2D eigenvalue weighted by atomic mass is 10.0. The van der Waals surface area contributed by atoms with Crippen LogP contribution in [0.15, 0.2) is 41.4 Å². The molecule has 0 N–H and O–H groups in total. The predicted molar refractivity (Wildman–Crippen MR) is 74.8 cm³/mol. The van der Waals surface area contributed by atoms with Crippen LogP contribution in [0.25, 0.3) is 0 Å². The lowest BCUT2D eigenvalue weighted by Gasteiger charge is -2.11. The molecule has 120 valence electrons. The number of alkyl halides is 3. The van der Waals surface area contributed by atoms with E-state index in [0.717, 1.165) is 12.1 Å². The lowest BCUT2D eigenvalue weighted by Crippen LogP contribution is -2.23. The average Bonchev–Trinajstić information content (AvgIpc) is 2.64. The maximum atomic E-state index is 12.7. The Hall–Kier alpha value is -2.22. The molecular formula is C15H10F3NO3S. The van der Waals surface area contributed by atoms with Crippen molar-refractivity contribution < 1.29 is 26.4 Å². The first-order valence-corrected chi connectivity index (χ1v) is 8.13. The van der Waals surface area contributed by atoms with E-state index in [1.54, 1.807) is 12.1 Å². The van der Waals surface area contributed by atoms with Crippen molar-refractivity contribution in [1.29, 1.82) is 0 Å². The number of rotatable bonds is 1. The summed E-state index contributed by atoms with van der Waals surface area (Å²) in [7, 11) is -5.50. The van der Waals surface area contributed by atoms with Gasteiger partial charge < -0.3 is 0 Å². The van der Waals surface area contributed by atoms with Crippen LogP contribution in [0.5, 0.6) is 0 Å². The molecule has 0 amide bonds. The maximum Gasteiger partial charge on any atom is 0.501 e. The molecule has 23 heavy (non-hydrogen) atoms. The summed E-state index contributed by atoms with van der Waals surface area (Å²) in [6, 6.07) is 6.33. The molecule has 0 atom stereocenters. The number of fused-ring (bicyclic) bond motifs is 2. The van der Waals surface area contributed by atoms with Crippen LogP contribution in [0.4, 0.5) is 13.2 Å². The second kappa shape index (κ2) is 5.16. The van der Waals surface area contributed by atoms with Gasteiger partial charge in [0.1, 0.15) is 5.69 Å². The number of pyridine rings is 1. The number of sulfone groups is 1. The van der Waals surface area contributed by atoms with Gasteiger partial charge in [-0.15, -0.1) is 0 Å². The van der Waals surface area contributed by atoms with E-state index in [2.05, 4.69) is 4.98 Å². The minimum atomic E-state index is -5.50. The molecule has 2 aromatic rings. The van der Waals surface area contributed by atoms with Crippen LogP contribution < -0.4 is 0 Å². The van der Waals surface area contributed by atoms with Crippen molar-refractivity contribution in [3.8, 4) is 0 Å². The normalized spacial score (nSPS) is 14.8. The molecule has 1 aliphatic rings. The Balaban J connectivity index is 2.17. The van der Waals surface area contributed by atoms with Crippen LogP contribution in [0.3, 0.4) is 0 Å². The zero-order valence-corrected chi connectivity index (χ0v) is 12.4. The minimum absolute atomic E-state index is 0.0484. The molecule has 4 nitrogen and oxygen atoms in total. The van der Waals surface area contributed by atoms with Crippen LogP contribution in [0, 0.1) is 0 Å². The van der Waals surface area contributed by atoms with Gasteiger partial charge in [0.05, 0.1) is 4.90 Å². The molecular weight excluding hydrogens is 331 g/mol. The second-order valence-electron chi connectivity index (χ2n) is 5.11. The van der Waals surface area contributed by atoms with Crippen molar-refractivity contribution >= 4 is 15.6 Å². The maximum absolute atomic E-state index is 12.7. The third-order valence-electron chi connectivity index (χ3n) is 3.71. The summed E-state index contributed by atoms with van der Waals surface area (Å²) in [6.45, 7) is 0. The third-order valence-corrected chi connectivity index (χ3v) is 5.19. The molecule has 3 rings (SSSR count). The fourth-order valence-corrected chi connectivity index (χ4v) is 3.31. The van der Waals surface area contributed by atoms with Gasteiger partial charge >= 0.3 is 5.51 Å². The van der Waals surface area contributed by atoms with Crippen LogP contribution in [0.1, 0.15) is 27.2 Å². The van der Waals surface area contributed by atoms with Crippen LogP contribution >= 0.6 is 0 Å². The van der Waals surface area contributed by atoms with Crippen molar-refractivity contribution in [2.45, 2.75) is 23.2 Å². The van der Waals surface area contributed by atoms with Gasteiger partial charge in [0.2, 0.25) is 5.78 Å². The summed E-state index contributed by atoms with van der Waals surface area (Å²) in [5.41, 5.74) is -4.12. The van der Waals surface area contributed by atoms with Crippen molar-refractivity contribution in [2.24, 2.45) is 0 Å². The molecule has 1 aliphatic carbocycles. The zero-order valence-electron chi connectivity index (χ0n) is 11.6. The standard InChI is InChI=1S/C15H10F3NO3S/c16-15(17,18)23(21,22)11-6-5-9-3-4-10-2-1-7-19-13(10)14(20)12(9)8-11/h1-2,5-8H,3-4H2. The van der Waals surface area contributed by atoms with Gasteiger partial charge in [-0.2, -0.15) is 13.2 Å². The number of hydrogen-bond donors (Lipinski definition) is 0. The van der Waals surface area contributed by atoms with Gasteiger partial charge in [0, 0.05) is 11.8 Å². The highest BCUT2D eigenvalue weighted by Crippen LogP contribution is 2.32. The first kappa shape index (κ1) is 15.7. The molecule has 0 spiro atoms. The van der Waals surface area contributed by atoms with E-state index in [4.69, 9.17) is 0 Å². The number of halogens is 3.